The van der Waals surface area contributed by atoms with Crippen LogP contribution in [0, 0.1) is 34.3 Å². The average Bonchev–Trinajstić information content (AvgIpc) is 2.41. The van der Waals surface area contributed by atoms with E-state index < -0.39 is 11.6 Å². The Morgan fingerprint density at radius 2 is 1.68 bits per heavy atom. The molecule has 0 aromatic heterocycles. The molecular weight excluding hydrogens is 248 g/mol. The number of nitriles is 2. The molecule has 0 aliphatic rings. The molecule has 0 spiro atoms. The molecule has 2 aromatic rings. The highest BCUT2D eigenvalue weighted by Gasteiger charge is 2.10. The van der Waals surface area contributed by atoms with Gasteiger partial charge in [-0.2, -0.15) is 10.5 Å². The molecule has 2 rings (SSSR count). The number of halogens is 2. The van der Waals surface area contributed by atoms with Gasteiger partial charge in [-0.05, 0) is 30.3 Å². The Bertz CT molecular complexity index is 712. The van der Waals surface area contributed by atoms with Crippen LogP contribution >= 0.6 is 0 Å². The first-order valence-electron chi connectivity index (χ1n) is 5.31. The summed E-state index contributed by atoms with van der Waals surface area (Å²) in [5, 5.41) is 20.1. The summed E-state index contributed by atoms with van der Waals surface area (Å²) in [6.45, 7) is 0. The Morgan fingerprint density at radius 1 is 0.895 bits per heavy atom. The lowest BCUT2D eigenvalue weighted by Crippen LogP contribution is -1.98. The van der Waals surface area contributed by atoms with Crippen molar-refractivity contribution in [3.8, 4) is 12.1 Å². The van der Waals surface area contributed by atoms with Gasteiger partial charge in [0.05, 0.1) is 23.0 Å². The van der Waals surface area contributed by atoms with Crippen LogP contribution in [0.4, 0.5) is 20.2 Å². The van der Waals surface area contributed by atoms with Gasteiger partial charge < -0.3 is 5.32 Å². The van der Waals surface area contributed by atoms with E-state index >= 15 is 0 Å². The second kappa shape index (κ2) is 5.16. The van der Waals surface area contributed by atoms with E-state index in [9.17, 15) is 8.78 Å². The van der Waals surface area contributed by atoms with Crippen LogP contribution in [0.15, 0.2) is 36.4 Å². The van der Waals surface area contributed by atoms with Crippen molar-refractivity contribution < 1.29 is 8.78 Å². The highest BCUT2D eigenvalue weighted by molar-refractivity contribution is 5.67. The van der Waals surface area contributed by atoms with Crippen LogP contribution < -0.4 is 5.32 Å². The summed E-state index contributed by atoms with van der Waals surface area (Å²) in [6.07, 6.45) is 0. The largest absolute Gasteiger partial charge is 0.352 e. The maximum atomic E-state index is 13.7. The van der Waals surface area contributed by atoms with Crippen molar-refractivity contribution in [2.24, 2.45) is 0 Å². The summed E-state index contributed by atoms with van der Waals surface area (Å²) in [7, 11) is 0. The number of hydrogen-bond donors (Lipinski definition) is 1. The molecule has 0 bridgehead atoms. The molecular formula is C14H7F2N3. The van der Waals surface area contributed by atoms with Crippen LogP contribution in [0.5, 0.6) is 0 Å². The van der Waals surface area contributed by atoms with Gasteiger partial charge in [-0.25, -0.2) is 8.78 Å². The minimum absolute atomic E-state index is 0.0705. The summed E-state index contributed by atoms with van der Waals surface area (Å²) < 4.78 is 27.0. The SMILES string of the molecule is N#Cc1ccc(Nc2cccc(F)c2C#N)c(F)c1. The summed E-state index contributed by atoms with van der Waals surface area (Å²) >= 11 is 0. The molecule has 0 aliphatic heterocycles. The molecule has 0 saturated heterocycles. The van der Waals surface area contributed by atoms with Gasteiger partial charge in [-0.3, -0.25) is 0 Å². The Kier molecular flexibility index (Phi) is 3.40. The molecule has 0 radical (unpaired) electrons. The van der Waals surface area contributed by atoms with Crippen molar-refractivity contribution in [1.29, 1.82) is 10.5 Å². The Labute approximate surface area is 108 Å². The maximum absolute atomic E-state index is 13.7. The molecule has 3 nitrogen and oxygen atoms in total. The lowest BCUT2D eigenvalue weighted by molar-refractivity contribution is 0.623. The highest BCUT2D eigenvalue weighted by atomic mass is 19.1. The van der Waals surface area contributed by atoms with Crippen molar-refractivity contribution in [1.82, 2.24) is 0 Å². The second-order valence-corrected chi connectivity index (χ2v) is 3.71. The van der Waals surface area contributed by atoms with E-state index in [1.165, 1.54) is 24.3 Å². The number of anilines is 2. The van der Waals surface area contributed by atoms with E-state index in [-0.39, 0.29) is 22.5 Å². The number of rotatable bonds is 2. The molecule has 0 heterocycles. The molecule has 5 heteroatoms. The Hall–Kier alpha value is -2.92. The van der Waals surface area contributed by atoms with E-state index in [0.29, 0.717) is 0 Å². The van der Waals surface area contributed by atoms with E-state index in [2.05, 4.69) is 5.32 Å². The molecule has 0 atom stereocenters. The van der Waals surface area contributed by atoms with Crippen LogP contribution in [-0.2, 0) is 0 Å². The van der Waals surface area contributed by atoms with E-state index in [1.807, 2.05) is 6.07 Å². The minimum Gasteiger partial charge on any atom is -0.352 e. The summed E-state index contributed by atoms with van der Waals surface area (Å²) in [4.78, 5) is 0. The fourth-order valence-electron chi connectivity index (χ4n) is 1.57. The second-order valence-electron chi connectivity index (χ2n) is 3.71. The molecule has 1 N–H and O–H groups in total. The first-order valence-corrected chi connectivity index (χ1v) is 5.31. The van der Waals surface area contributed by atoms with Crippen LogP contribution in [0.1, 0.15) is 11.1 Å². The average molecular weight is 255 g/mol. The molecule has 19 heavy (non-hydrogen) atoms. The van der Waals surface area contributed by atoms with Gasteiger partial charge in [0.15, 0.2) is 0 Å². The van der Waals surface area contributed by atoms with Crippen molar-refractivity contribution in [2.45, 2.75) is 0 Å². The molecule has 0 amide bonds. The topological polar surface area (TPSA) is 59.6 Å². The normalized spacial score (nSPS) is 9.47. The lowest BCUT2D eigenvalue weighted by atomic mass is 10.1. The fraction of sp³-hybridized carbons (Fsp3) is 0. The van der Waals surface area contributed by atoms with Crippen LogP contribution in [0.3, 0.4) is 0 Å². The van der Waals surface area contributed by atoms with Crippen molar-refractivity contribution in [2.75, 3.05) is 5.32 Å². The Balaban J connectivity index is 2.41. The third-order valence-electron chi connectivity index (χ3n) is 2.49. The van der Waals surface area contributed by atoms with E-state index in [1.54, 1.807) is 6.07 Å². The Morgan fingerprint density at radius 3 is 2.32 bits per heavy atom. The van der Waals surface area contributed by atoms with Crippen LogP contribution in [-0.4, -0.2) is 0 Å². The van der Waals surface area contributed by atoms with Crippen molar-refractivity contribution >= 4 is 11.4 Å². The number of nitrogens with one attached hydrogen (secondary N) is 1. The fourth-order valence-corrected chi connectivity index (χ4v) is 1.57. The first-order chi connectivity index (χ1) is 9.15. The zero-order valence-electron chi connectivity index (χ0n) is 9.61. The highest BCUT2D eigenvalue weighted by Crippen LogP contribution is 2.24. The summed E-state index contributed by atoms with van der Waals surface area (Å²) in [5.74, 6) is -1.33. The smallest absolute Gasteiger partial charge is 0.147 e. The summed E-state index contributed by atoms with van der Waals surface area (Å²) in [5.41, 5.74) is 0.237. The molecule has 0 aliphatic carbocycles. The van der Waals surface area contributed by atoms with Crippen molar-refractivity contribution in [3.05, 3.63) is 59.2 Å². The molecule has 0 saturated carbocycles. The molecule has 2 aromatic carbocycles. The first kappa shape index (κ1) is 12.5. The van der Waals surface area contributed by atoms with E-state index in [0.717, 1.165) is 12.1 Å². The maximum Gasteiger partial charge on any atom is 0.147 e. The molecule has 0 unspecified atom stereocenters. The zero-order chi connectivity index (χ0) is 13.8. The van der Waals surface area contributed by atoms with Gasteiger partial charge in [0.25, 0.3) is 0 Å². The monoisotopic (exact) mass is 255 g/mol. The van der Waals surface area contributed by atoms with Crippen LogP contribution in [0.25, 0.3) is 0 Å². The summed E-state index contributed by atoms with van der Waals surface area (Å²) in [6, 6.07) is 11.4. The van der Waals surface area contributed by atoms with Gasteiger partial charge in [-0.15, -0.1) is 0 Å². The quantitative estimate of drug-likeness (QED) is 0.894. The minimum atomic E-state index is -0.679. The van der Waals surface area contributed by atoms with Gasteiger partial charge in [0.1, 0.15) is 23.3 Å². The predicted molar refractivity (Wildman–Crippen MR) is 65.5 cm³/mol. The van der Waals surface area contributed by atoms with Gasteiger partial charge in [0, 0.05) is 0 Å². The van der Waals surface area contributed by atoms with E-state index in [4.69, 9.17) is 10.5 Å². The lowest BCUT2D eigenvalue weighted by Gasteiger charge is -2.09. The van der Waals surface area contributed by atoms with Crippen molar-refractivity contribution in [3.63, 3.8) is 0 Å². The standard InChI is InChI=1S/C14H7F2N3/c15-11-2-1-3-13(10(11)8-18)19-14-5-4-9(7-17)6-12(14)16/h1-6,19H. The van der Waals surface area contributed by atoms with Crippen LogP contribution in [0.2, 0.25) is 0 Å². The van der Waals surface area contributed by atoms with Gasteiger partial charge in [0.2, 0.25) is 0 Å². The predicted octanol–water partition coefficient (Wildman–Crippen LogP) is 3.45. The molecule has 92 valence electrons. The third-order valence-corrected chi connectivity index (χ3v) is 2.49. The number of hydrogen-bond acceptors (Lipinski definition) is 3. The number of benzene rings is 2. The molecule has 0 fully saturated rings. The number of nitrogens with zero attached hydrogens (tertiary/aromatic N) is 2. The van der Waals surface area contributed by atoms with Gasteiger partial charge in [-0.1, -0.05) is 6.07 Å². The van der Waals surface area contributed by atoms with Gasteiger partial charge >= 0.3 is 0 Å². The zero-order valence-corrected chi connectivity index (χ0v) is 9.61. The third kappa shape index (κ3) is 2.51.